The zero-order chi connectivity index (χ0) is 11.8. The summed E-state index contributed by atoms with van der Waals surface area (Å²) in [5, 5.41) is 2.98. The monoisotopic (exact) mass is 230 g/mol. The lowest BCUT2D eigenvalue weighted by Gasteiger charge is -2.37. The number of alkyl halides is 2. The number of nitrogens with one attached hydrogen (secondary N) is 1. The van der Waals surface area contributed by atoms with Crippen LogP contribution in [0, 0.1) is 0 Å². The molecule has 1 unspecified atom stereocenters. The molecule has 0 aromatic rings. The van der Waals surface area contributed by atoms with E-state index in [-0.39, 0.29) is 19.1 Å². The van der Waals surface area contributed by atoms with E-state index < -0.39 is 5.92 Å². The number of aliphatic imine (C=N–C) groups is 1. The zero-order valence-corrected chi connectivity index (χ0v) is 9.21. The maximum Gasteiger partial charge on any atom is 0.250 e. The summed E-state index contributed by atoms with van der Waals surface area (Å²) >= 11 is 0. The maximum absolute atomic E-state index is 13.0. The van der Waals surface area contributed by atoms with Crippen LogP contribution >= 0.6 is 0 Å². The van der Waals surface area contributed by atoms with Crippen molar-refractivity contribution in [3.05, 3.63) is 11.9 Å². The summed E-state index contributed by atoms with van der Waals surface area (Å²) in [6.45, 7) is 2.53. The average molecular weight is 230 g/mol. The van der Waals surface area contributed by atoms with Crippen LogP contribution in [0.5, 0.6) is 0 Å². The predicted molar refractivity (Wildman–Crippen MR) is 58.1 cm³/mol. The quantitative estimate of drug-likeness (QED) is 0.702. The van der Waals surface area contributed by atoms with Gasteiger partial charge in [0, 0.05) is 31.6 Å². The Balaban J connectivity index is 1.98. The van der Waals surface area contributed by atoms with Gasteiger partial charge in [-0.2, -0.15) is 0 Å². The van der Waals surface area contributed by atoms with Crippen LogP contribution in [0.15, 0.2) is 16.9 Å². The second kappa shape index (κ2) is 4.01. The van der Waals surface area contributed by atoms with Crippen molar-refractivity contribution in [1.29, 1.82) is 0 Å². The predicted octanol–water partition coefficient (Wildman–Crippen LogP) is 0.865. The fourth-order valence-electron chi connectivity index (χ4n) is 1.95. The van der Waals surface area contributed by atoms with Gasteiger partial charge in [-0.1, -0.05) is 0 Å². The number of piperidine rings is 1. The Morgan fingerprint density at radius 1 is 1.50 bits per heavy atom. The average Bonchev–Trinajstić information content (AvgIpc) is 2.15. The second-order valence-electron chi connectivity index (χ2n) is 4.28. The van der Waals surface area contributed by atoms with Gasteiger partial charge in [-0.25, -0.2) is 8.78 Å². The molecule has 1 fully saturated rings. The van der Waals surface area contributed by atoms with Crippen molar-refractivity contribution >= 4 is 5.71 Å². The molecule has 90 valence electrons. The molecule has 0 spiro atoms. The lowest BCUT2D eigenvalue weighted by atomic mass is 10.1. The second-order valence-corrected chi connectivity index (χ2v) is 4.28. The summed E-state index contributed by atoms with van der Waals surface area (Å²) in [4.78, 5) is 6.22. The summed E-state index contributed by atoms with van der Waals surface area (Å²) in [6.07, 6.45) is 1.23. The van der Waals surface area contributed by atoms with E-state index >= 15 is 0 Å². The van der Waals surface area contributed by atoms with Gasteiger partial charge in [0.05, 0.1) is 0 Å². The Bertz CT molecular complexity index is 328. The zero-order valence-electron chi connectivity index (χ0n) is 9.21. The first-order valence-corrected chi connectivity index (χ1v) is 5.36. The number of nitrogens with zero attached hydrogens (tertiary/aromatic N) is 2. The van der Waals surface area contributed by atoms with Gasteiger partial charge in [0.2, 0.25) is 0 Å². The third kappa shape index (κ3) is 2.49. The van der Waals surface area contributed by atoms with Gasteiger partial charge in [0.15, 0.2) is 6.29 Å². The molecule has 0 aliphatic carbocycles. The number of hydrogen-bond acceptors (Lipinski definition) is 4. The summed E-state index contributed by atoms with van der Waals surface area (Å²) in [7, 11) is 0. The van der Waals surface area contributed by atoms with Gasteiger partial charge in [-0.3, -0.25) is 9.89 Å². The van der Waals surface area contributed by atoms with Crippen LogP contribution < -0.4 is 11.1 Å². The minimum absolute atomic E-state index is 0.108. The van der Waals surface area contributed by atoms with Gasteiger partial charge < -0.3 is 11.1 Å². The van der Waals surface area contributed by atoms with Crippen molar-refractivity contribution in [2.45, 2.75) is 32.0 Å². The van der Waals surface area contributed by atoms with Crippen LogP contribution in [0.3, 0.4) is 0 Å². The lowest BCUT2D eigenvalue weighted by molar-refractivity contribution is -0.0643. The molecule has 0 bridgehead atoms. The highest BCUT2D eigenvalue weighted by Gasteiger charge is 2.36. The molecule has 0 aromatic heterocycles. The third-order valence-corrected chi connectivity index (χ3v) is 2.86. The Morgan fingerprint density at radius 3 is 2.69 bits per heavy atom. The Labute approximate surface area is 93.2 Å². The molecular formula is C10H16F2N4. The maximum atomic E-state index is 13.0. The SMILES string of the molecule is CC1=NC(N2CCC(F)(F)CC2)NC(N)=C1. The lowest BCUT2D eigenvalue weighted by Crippen LogP contribution is -2.52. The minimum Gasteiger partial charge on any atom is -0.385 e. The number of nitrogens with two attached hydrogens (primary N) is 1. The molecule has 0 aromatic carbocycles. The van der Waals surface area contributed by atoms with E-state index in [1.165, 1.54) is 0 Å². The summed E-state index contributed by atoms with van der Waals surface area (Å²) in [5.74, 6) is -1.99. The molecule has 0 saturated carbocycles. The first-order valence-electron chi connectivity index (χ1n) is 5.36. The van der Waals surface area contributed by atoms with Gasteiger partial charge in [0.25, 0.3) is 5.92 Å². The number of likely N-dealkylation sites (tertiary alicyclic amines) is 1. The van der Waals surface area contributed by atoms with Crippen molar-refractivity contribution in [2.75, 3.05) is 13.1 Å². The van der Waals surface area contributed by atoms with Gasteiger partial charge in [-0.05, 0) is 13.0 Å². The normalized spacial score (nSPS) is 30.3. The van der Waals surface area contributed by atoms with E-state index in [1.807, 2.05) is 11.8 Å². The smallest absolute Gasteiger partial charge is 0.250 e. The molecule has 4 nitrogen and oxygen atoms in total. The molecule has 2 rings (SSSR count). The van der Waals surface area contributed by atoms with Gasteiger partial charge in [-0.15, -0.1) is 0 Å². The summed E-state index contributed by atoms with van der Waals surface area (Å²) in [6, 6.07) is 0. The molecule has 0 radical (unpaired) electrons. The van der Waals surface area contributed by atoms with Crippen molar-refractivity contribution in [2.24, 2.45) is 10.7 Å². The Kier molecular flexibility index (Phi) is 2.84. The fourth-order valence-corrected chi connectivity index (χ4v) is 1.95. The topological polar surface area (TPSA) is 53.6 Å². The fraction of sp³-hybridized carbons (Fsp3) is 0.700. The number of halogens is 2. The molecule has 0 amide bonds. The first kappa shape index (κ1) is 11.3. The molecule has 1 saturated heterocycles. The van der Waals surface area contributed by atoms with E-state index in [2.05, 4.69) is 10.3 Å². The third-order valence-electron chi connectivity index (χ3n) is 2.86. The van der Waals surface area contributed by atoms with Crippen LogP contribution in [0.1, 0.15) is 19.8 Å². The molecule has 2 aliphatic rings. The van der Waals surface area contributed by atoms with Gasteiger partial charge >= 0.3 is 0 Å². The highest BCUT2D eigenvalue weighted by atomic mass is 19.3. The highest BCUT2D eigenvalue weighted by molar-refractivity contribution is 5.93. The van der Waals surface area contributed by atoms with Crippen LogP contribution in [0.4, 0.5) is 8.78 Å². The number of allylic oxidation sites excluding steroid dienone is 1. The van der Waals surface area contributed by atoms with Crippen LogP contribution in [-0.4, -0.2) is 35.9 Å². The molecular weight excluding hydrogens is 214 g/mol. The minimum atomic E-state index is -2.52. The summed E-state index contributed by atoms with van der Waals surface area (Å²) in [5.41, 5.74) is 6.49. The van der Waals surface area contributed by atoms with E-state index in [0.29, 0.717) is 18.9 Å². The molecule has 3 N–H and O–H groups in total. The number of rotatable bonds is 1. The van der Waals surface area contributed by atoms with Crippen LogP contribution in [-0.2, 0) is 0 Å². The van der Waals surface area contributed by atoms with E-state index in [4.69, 9.17) is 5.73 Å². The van der Waals surface area contributed by atoms with Crippen molar-refractivity contribution in [3.63, 3.8) is 0 Å². The molecule has 2 aliphatic heterocycles. The number of hydrogen-bond donors (Lipinski definition) is 2. The Morgan fingerprint density at radius 2 is 2.12 bits per heavy atom. The van der Waals surface area contributed by atoms with Crippen LogP contribution in [0.2, 0.25) is 0 Å². The van der Waals surface area contributed by atoms with E-state index in [1.54, 1.807) is 6.08 Å². The first-order chi connectivity index (χ1) is 7.46. The van der Waals surface area contributed by atoms with Crippen LogP contribution in [0.25, 0.3) is 0 Å². The molecule has 2 heterocycles. The molecule has 1 atom stereocenters. The van der Waals surface area contributed by atoms with E-state index in [9.17, 15) is 8.78 Å². The van der Waals surface area contributed by atoms with Gasteiger partial charge in [0.1, 0.15) is 5.82 Å². The molecule has 6 heteroatoms. The standard InChI is InChI=1S/C10H16F2N4/c1-7-6-8(13)15-9(14-7)16-4-2-10(11,12)3-5-16/h6,9,15H,2-5,13H2,1H3. The van der Waals surface area contributed by atoms with Crippen molar-refractivity contribution in [3.8, 4) is 0 Å². The molecule has 16 heavy (non-hydrogen) atoms. The summed E-state index contributed by atoms with van der Waals surface area (Å²) < 4.78 is 26.0. The van der Waals surface area contributed by atoms with Crippen molar-refractivity contribution in [1.82, 2.24) is 10.2 Å². The Hall–Kier alpha value is -1.17. The van der Waals surface area contributed by atoms with Crippen molar-refractivity contribution < 1.29 is 8.78 Å². The largest absolute Gasteiger partial charge is 0.385 e. The highest BCUT2D eigenvalue weighted by Crippen LogP contribution is 2.28. The van der Waals surface area contributed by atoms with E-state index in [0.717, 1.165) is 5.71 Å².